The lowest BCUT2D eigenvalue weighted by Gasteiger charge is -2.37. The van der Waals surface area contributed by atoms with Crippen molar-refractivity contribution in [3.05, 3.63) is 23.9 Å². The van der Waals surface area contributed by atoms with Gasteiger partial charge >= 0.3 is 12.3 Å². The van der Waals surface area contributed by atoms with E-state index in [4.69, 9.17) is 4.74 Å². The molecule has 2 heterocycles. The molecule has 0 aromatic carbocycles. The van der Waals surface area contributed by atoms with E-state index in [0.717, 1.165) is 6.07 Å². The highest BCUT2D eigenvalue weighted by Crippen LogP contribution is 2.30. The van der Waals surface area contributed by atoms with E-state index in [2.05, 4.69) is 4.98 Å². The highest BCUT2D eigenvalue weighted by molar-refractivity contribution is 5.68. The number of nitrogens with zero attached hydrogens (tertiary/aromatic N) is 3. The van der Waals surface area contributed by atoms with Crippen molar-refractivity contribution in [3.8, 4) is 0 Å². The SMILES string of the molecule is CN(C(=O)OC(C)(C)C)C1CCN(c2cccc(C(F)(F)F)n2)CC1. The molecule has 5 nitrogen and oxygen atoms in total. The molecule has 0 bridgehead atoms. The van der Waals surface area contributed by atoms with E-state index < -0.39 is 17.5 Å². The molecule has 1 saturated heterocycles. The summed E-state index contributed by atoms with van der Waals surface area (Å²) in [6, 6.07) is 3.90. The van der Waals surface area contributed by atoms with Gasteiger partial charge in [-0.05, 0) is 45.7 Å². The minimum Gasteiger partial charge on any atom is -0.444 e. The number of piperidine rings is 1. The summed E-state index contributed by atoms with van der Waals surface area (Å²) in [5.74, 6) is 0.313. The Morgan fingerprint density at radius 1 is 1.24 bits per heavy atom. The number of pyridine rings is 1. The van der Waals surface area contributed by atoms with Crippen molar-refractivity contribution in [2.24, 2.45) is 0 Å². The van der Waals surface area contributed by atoms with E-state index in [0.29, 0.717) is 31.7 Å². The van der Waals surface area contributed by atoms with Crippen LogP contribution in [0.2, 0.25) is 0 Å². The predicted molar refractivity (Wildman–Crippen MR) is 88.5 cm³/mol. The molecule has 0 aliphatic carbocycles. The van der Waals surface area contributed by atoms with Crippen molar-refractivity contribution in [3.63, 3.8) is 0 Å². The van der Waals surface area contributed by atoms with Crippen LogP contribution in [0.15, 0.2) is 18.2 Å². The number of alkyl halides is 3. The first-order valence-corrected chi connectivity index (χ1v) is 8.22. The van der Waals surface area contributed by atoms with Gasteiger partial charge in [0, 0.05) is 26.2 Å². The molecule has 1 amide bonds. The molecule has 1 aromatic heterocycles. The summed E-state index contributed by atoms with van der Waals surface area (Å²) in [5.41, 5.74) is -1.45. The zero-order valence-electron chi connectivity index (χ0n) is 14.9. The van der Waals surface area contributed by atoms with Gasteiger partial charge in [-0.25, -0.2) is 9.78 Å². The van der Waals surface area contributed by atoms with E-state index in [9.17, 15) is 18.0 Å². The van der Waals surface area contributed by atoms with Gasteiger partial charge < -0.3 is 14.5 Å². The lowest BCUT2D eigenvalue weighted by atomic mass is 10.0. The second-order valence-electron chi connectivity index (χ2n) is 7.19. The van der Waals surface area contributed by atoms with Crippen LogP contribution in [-0.2, 0) is 10.9 Å². The van der Waals surface area contributed by atoms with Crippen LogP contribution in [0.4, 0.5) is 23.8 Å². The molecule has 25 heavy (non-hydrogen) atoms. The van der Waals surface area contributed by atoms with Crippen molar-refractivity contribution < 1.29 is 22.7 Å². The van der Waals surface area contributed by atoms with Crippen molar-refractivity contribution in [2.45, 2.75) is 51.4 Å². The van der Waals surface area contributed by atoms with Gasteiger partial charge in [0.1, 0.15) is 17.1 Å². The molecule has 1 aromatic rings. The molecule has 0 spiro atoms. The lowest BCUT2D eigenvalue weighted by Crippen LogP contribution is -2.47. The maximum atomic E-state index is 12.8. The van der Waals surface area contributed by atoms with Crippen LogP contribution in [0.3, 0.4) is 0 Å². The Balaban J connectivity index is 1.97. The molecule has 0 unspecified atom stereocenters. The molecule has 140 valence electrons. The molecular formula is C17H24F3N3O2. The van der Waals surface area contributed by atoms with Crippen LogP contribution in [0.5, 0.6) is 0 Å². The summed E-state index contributed by atoms with van der Waals surface area (Å²) < 4.78 is 43.7. The Labute approximate surface area is 145 Å². The average Bonchev–Trinajstić information content (AvgIpc) is 2.52. The number of hydrogen-bond donors (Lipinski definition) is 0. The summed E-state index contributed by atoms with van der Waals surface area (Å²) in [5, 5.41) is 0. The van der Waals surface area contributed by atoms with Crippen LogP contribution < -0.4 is 4.90 Å². The molecular weight excluding hydrogens is 335 g/mol. The second kappa shape index (κ2) is 7.09. The number of carbonyl (C=O) groups is 1. The van der Waals surface area contributed by atoms with Crippen molar-refractivity contribution in [1.29, 1.82) is 0 Å². The van der Waals surface area contributed by atoms with Crippen LogP contribution in [0.1, 0.15) is 39.3 Å². The maximum Gasteiger partial charge on any atom is 0.433 e. The fourth-order valence-corrected chi connectivity index (χ4v) is 2.72. The topological polar surface area (TPSA) is 45.7 Å². The van der Waals surface area contributed by atoms with Crippen LogP contribution in [0.25, 0.3) is 0 Å². The quantitative estimate of drug-likeness (QED) is 0.802. The van der Waals surface area contributed by atoms with Crippen LogP contribution in [0, 0.1) is 0 Å². The van der Waals surface area contributed by atoms with E-state index >= 15 is 0 Å². The van der Waals surface area contributed by atoms with Gasteiger partial charge in [-0.3, -0.25) is 0 Å². The van der Waals surface area contributed by atoms with E-state index in [1.54, 1.807) is 38.8 Å². The van der Waals surface area contributed by atoms with Gasteiger partial charge in [0.05, 0.1) is 0 Å². The van der Waals surface area contributed by atoms with Crippen molar-refractivity contribution in [2.75, 3.05) is 25.0 Å². The Bertz CT molecular complexity index is 606. The molecule has 1 fully saturated rings. The highest BCUT2D eigenvalue weighted by Gasteiger charge is 2.34. The summed E-state index contributed by atoms with van der Waals surface area (Å²) in [6.07, 6.45) is -3.55. The van der Waals surface area contributed by atoms with Gasteiger partial charge in [0.25, 0.3) is 0 Å². The number of rotatable bonds is 2. The van der Waals surface area contributed by atoms with Crippen molar-refractivity contribution in [1.82, 2.24) is 9.88 Å². The Morgan fingerprint density at radius 2 is 1.84 bits per heavy atom. The molecule has 8 heteroatoms. The molecule has 2 rings (SSSR count). The zero-order valence-corrected chi connectivity index (χ0v) is 14.9. The average molecular weight is 359 g/mol. The first-order chi connectivity index (χ1) is 11.5. The fraction of sp³-hybridized carbons (Fsp3) is 0.647. The number of carbonyl (C=O) groups excluding carboxylic acids is 1. The summed E-state index contributed by atoms with van der Waals surface area (Å²) in [7, 11) is 1.69. The van der Waals surface area contributed by atoms with Gasteiger partial charge in [0.2, 0.25) is 0 Å². The van der Waals surface area contributed by atoms with E-state index in [1.807, 2.05) is 4.90 Å². The fourth-order valence-electron chi connectivity index (χ4n) is 2.72. The van der Waals surface area contributed by atoms with E-state index in [-0.39, 0.29) is 12.1 Å². The number of ether oxygens (including phenoxy) is 1. The number of hydrogen-bond acceptors (Lipinski definition) is 4. The summed E-state index contributed by atoms with van der Waals surface area (Å²) in [4.78, 5) is 19.2. The van der Waals surface area contributed by atoms with Crippen LogP contribution in [-0.4, -0.2) is 47.8 Å². The number of halogens is 3. The first-order valence-electron chi connectivity index (χ1n) is 8.22. The third-order valence-corrected chi connectivity index (χ3v) is 4.04. The molecule has 1 aliphatic rings. The first kappa shape index (κ1) is 19.3. The highest BCUT2D eigenvalue weighted by atomic mass is 19.4. The third-order valence-electron chi connectivity index (χ3n) is 4.04. The Kier molecular flexibility index (Phi) is 5.49. The largest absolute Gasteiger partial charge is 0.444 e. The van der Waals surface area contributed by atoms with Gasteiger partial charge in [-0.15, -0.1) is 0 Å². The van der Waals surface area contributed by atoms with E-state index in [1.165, 1.54) is 6.07 Å². The summed E-state index contributed by atoms with van der Waals surface area (Å²) in [6.45, 7) is 6.49. The lowest BCUT2D eigenvalue weighted by molar-refractivity contribution is -0.141. The standard InChI is InChI=1S/C17H24F3N3O2/c1-16(2,3)25-15(24)22(4)12-8-10-23(11-9-12)14-7-5-6-13(21-14)17(18,19)20/h5-7,12H,8-11H2,1-4H3. The van der Waals surface area contributed by atoms with Gasteiger partial charge in [0.15, 0.2) is 0 Å². The monoisotopic (exact) mass is 359 g/mol. The Morgan fingerprint density at radius 3 is 2.36 bits per heavy atom. The van der Waals surface area contributed by atoms with Crippen LogP contribution >= 0.6 is 0 Å². The molecule has 0 atom stereocenters. The number of anilines is 1. The normalized spacial score (nSPS) is 16.7. The number of aromatic nitrogens is 1. The zero-order chi connectivity index (χ0) is 18.8. The smallest absolute Gasteiger partial charge is 0.433 e. The minimum absolute atomic E-state index is 0.00287. The molecule has 1 aliphatic heterocycles. The number of amides is 1. The van der Waals surface area contributed by atoms with Crippen molar-refractivity contribution >= 4 is 11.9 Å². The second-order valence-corrected chi connectivity index (χ2v) is 7.19. The maximum absolute atomic E-state index is 12.8. The Hall–Kier alpha value is -1.99. The minimum atomic E-state index is -4.45. The van der Waals surface area contributed by atoms with Gasteiger partial charge in [-0.1, -0.05) is 6.07 Å². The molecule has 0 N–H and O–H groups in total. The predicted octanol–water partition coefficient (Wildman–Crippen LogP) is 3.94. The third kappa shape index (κ3) is 5.24. The molecule has 0 radical (unpaired) electrons. The molecule has 0 saturated carbocycles. The summed E-state index contributed by atoms with van der Waals surface area (Å²) >= 11 is 0. The van der Waals surface area contributed by atoms with Gasteiger partial charge in [-0.2, -0.15) is 13.2 Å².